The third-order valence-corrected chi connectivity index (χ3v) is 6.97. The smallest absolute Gasteiger partial charge is 0.246 e. The molecule has 0 atom stereocenters. The van der Waals surface area contributed by atoms with Crippen molar-refractivity contribution in [3.63, 3.8) is 0 Å². The lowest BCUT2D eigenvalue weighted by atomic mass is 9.97. The normalized spacial score (nSPS) is 16.6. The Morgan fingerprint density at radius 1 is 1.17 bits per heavy atom. The molecule has 1 saturated heterocycles. The molecule has 0 saturated carbocycles. The van der Waals surface area contributed by atoms with E-state index in [4.69, 9.17) is 0 Å². The summed E-state index contributed by atoms with van der Waals surface area (Å²) < 4.78 is 55.6. The first-order valence-corrected chi connectivity index (χ1v) is 11.2. The molecule has 7 nitrogen and oxygen atoms in total. The number of hydrogen-bond donors (Lipinski definition) is 1. The fourth-order valence-corrected chi connectivity index (χ4v) is 5.05. The van der Waals surface area contributed by atoms with Crippen molar-refractivity contribution in [2.45, 2.75) is 51.0 Å². The molecule has 2 aromatic rings. The zero-order chi connectivity index (χ0) is 22.3. The summed E-state index contributed by atoms with van der Waals surface area (Å²) in [7, 11) is -4.17. The van der Waals surface area contributed by atoms with E-state index in [1.165, 1.54) is 0 Å². The van der Waals surface area contributed by atoms with Crippen LogP contribution in [0.4, 0.5) is 14.6 Å². The van der Waals surface area contributed by atoms with Crippen molar-refractivity contribution >= 4 is 21.7 Å². The summed E-state index contributed by atoms with van der Waals surface area (Å²) in [6.07, 6.45) is 0.565. The molecule has 0 spiro atoms. The highest BCUT2D eigenvalue weighted by atomic mass is 32.2. The number of piperidine rings is 1. The molecular weight excluding hydrogens is 414 g/mol. The summed E-state index contributed by atoms with van der Waals surface area (Å²) in [5.74, 6) is -1.84. The highest BCUT2D eigenvalue weighted by Gasteiger charge is 2.34. The number of aromatic nitrogens is 2. The van der Waals surface area contributed by atoms with Gasteiger partial charge < -0.3 is 5.32 Å². The molecular formula is C20H26F2N4O3S. The number of carbonyl (C=O) groups is 1. The largest absolute Gasteiger partial charge is 0.311 e. The van der Waals surface area contributed by atoms with Gasteiger partial charge in [-0.25, -0.2) is 21.9 Å². The van der Waals surface area contributed by atoms with Gasteiger partial charge in [-0.3, -0.25) is 4.79 Å². The Labute approximate surface area is 175 Å². The second-order valence-electron chi connectivity index (χ2n) is 8.50. The number of sulfonamides is 1. The van der Waals surface area contributed by atoms with Gasteiger partial charge in [0.25, 0.3) is 0 Å². The van der Waals surface area contributed by atoms with Gasteiger partial charge in [0, 0.05) is 25.1 Å². The van der Waals surface area contributed by atoms with E-state index >= 15 is 0 Å². The Balaban J connectivity index is 1.69. The molecule has 0 aliphatic carbocycles. The third-order valence-electron chi connectivity index (χ3n) is 5.05. The maximum Gasteiger partial charge on any atom is 0.246 e. The molecule has 2 heterocycles. The van der Waals surface area contributed by atoms with E-state index in [0.29, 0.717) is 11.9 Å². The summed E-state index contributed by atoms with van der Waals surface area (Å²) in [6.45, 7) is 7.87. The van der Waals surface area contributed by atoms with Gasteiger partial charge in [0.1, 0.15) is 22.3 Å². The number of aryl methyl sites for hydroxylation is 1. The summed E-state index contributed by atoms with van der Waals surface area (Å²) >= 11 is 0. The lowest BCUT2D eigenvalue weighted by molar-refractivity contribution is -0.121. The van der Waals surface area contributed by atoms with E-state index in [9.17, 15) is 22.0 Å². The Kier molecular flexibility index (Phi) is 6.01. The Morgan fingerprint density at radius 2 is 1.80 bits per heavy atom. The summed E-state index contributed by atoms with van der Waals surface area (Å²) in [5, 5.41) is 7.32. The minimum atomic E-state index is -4.17. The molecule has 164 valence electrons. The zero-order valence-electron chi connectivity index (χ0n) is 17.4. The number of carbonyl (C=O) groups excluding carboxylic acids is 1. The van der Waals surface area contributed by atoms with Crippen LogP contribution < -0.4 is 5.32 Å². The van der Waals surface area contributed by atoms with Crippen molar-refractivity contribution in [3.05, 3.63) is 41.6 Å². The standard InChI is InChI=1S/C20H26F2N4O3S/c1-13-11-18(26(24-13)20(2,3)4)23-19(27)14-7-9-25(10-8-14)30(28,29)17-12-15(21)5-6-16(17)22/h5-6,11-12,14H,7-10H2,1-4H3,(H,23,27). The highest BCUT2D eigenvalue weighted by molar-refractivity contribution is 7.89. The van der Waals surface area contributed by atoms with Crippen molar-refractivity contribution in [1.29, 1.82) is 0 Å². The molecule has 0 bridgehead atoms. The van der Waals surface area contributed by atoms with Crippen molar-refractivity contribution in [2.24, 2.45) is 5.92 Å². The van der Waals surface area contributed by atoms with Gasteiger partial charge >= 0.3 is 0 Å². The minimum Gasteiger partial charge on any atom is -0.311 e. The van der Waals surface area contributed by atoms with Gasteiger partial charge in [0.2, 0.25) is 15.9 Å². The van der Waals surface area contributed by atoms with Gasteiger partial charge in [-0.2, -0.15) is 9.40 Å². The molecule has 1 fully saturated rings. The van der Waals surface area contributed by atoms with Crippen molar-refractivity contribution in [1.82, 2.24) is 14.1 Å². The number of halogens is 2. The fourth-order valence-electron chi connectivity index (χ4n) is 3.50. The molecule has 1 aromatic carbocycles. The number of nitrogens with zero attached hydrogens (tertiary/aromatic N) is 3. The van der Waals surface area contributed by atoms with Crippen molar-refractivity contribution < 1.29 is 22.0 Å². The minimum absolute atomic E-state index is 0.0495. The Bertz CT molecular complexity index is 1050. The van der Waals surface area contributed by atoms with Crippen LogP contribution in [-0.4, -0.2) is 41.5 Å². The Morgan fingerprint density at radius 3 is 2.40 bits per heavy atom. The first-order chi connectivity index (χ1) is 13.9. The second-order valence-corrected chi connectivity index (χ2v) is 10.4. The fraction of sp³-hybridized carbons (Fsp3) is 0.500. The van der Waals surface area contributed by atoms with Gasteiger partial charge in [-0.05, 0) is 58.7 Å². The maximum absolute atomic E-state index is 14.0. The van der Waals surface area contributed by atoms with Crippen molar-refractivity contribution in [3.8, 4) is 0 Å². The van der Waals surface area contributed by atoms with E-state index < -0.39 is 32.5 Å². The highest BCUT2D eigenvalue weighted by Crippen LogP contribution is 2.27. The van der Waals surface area contributed by atoms with E-state index in [1.54, 1.807) is 10.7 Å². The second kappa shape index (κ2) is 8.07. The monoisotopic (exact) mass is 440 g/mol. The van der Waals surface area contributed by atoms with Crippen LogP contribution >= 0.6 is 0 Å². The topological polar surface area (TPSA) is 84.3 Å². The summed E-state index contributed by atoms with van der Waals surface area (Å²) in [4.78, 5) is 12.1. The van der Waals surface area contributed by atoms with Gasteiger partial charge in [0.05, 0.1) is 11.2 Å². The number of amides is 1. The molecule has 1 aliphatic heterocycles. The van der Waals surface area contributed by atoms with Crippen LogP contribution in [0.2, 0.25) is 0 Å². The van der Waals surface area contributed by atoms with Gasteiger partial charge in [-0.15, -0.1) is 0 Å². The molecule has 1 amide bonds. The van der Waals surface area contributed by atoms with Crippen LogP contribution in [0.1, 0.15) is 39.3 Å². The maximum atomic E-state index is 14.0. The van der Waals surface area contributed by atoms with Crippen LogP contribution in [0.25, 0.3) is 0 Å². The molecule has 30 heavy (non-hydrogen) atoms. The number of rotatable bonds is 4. The van der Waals surface area contributed by atoms with Crippen LogP contribution in [0.15, 0.2) is 29.2 Å². The van der Waals surface area contributed by atoms with Gasteiger partial charge in [-0.1, -0.05) is 0 Å². The number of anilines is 1. The van der Waals surface area contributed by atoms with E-state index in [1.807, 2.05) is 27.7 Å². The van der Waals surface area contributed by atoms with Gasteiger partial charge in [0.15, 0.2) is 0 Å². The van der Waals surface area contributed by atoms with Crippen LogP contribution in [0.3, 0.4) is 0 Å². The molecule has 1 aliphatic rings. The number of hydrogen-bond acceptors (Lipinski definition) is 4. The molecule has 10 heteroatoms. The van der Waals surface area contributed by atoms with Crippen molar-refractivity contribution in [2.75, 3.05) is 18.4 Å². The van der Waals surface area contributed by atoms with E-state index in [2.05, 4.69) is 10.4 Å². The first kappa shape index (κ1) is 22.4. The molecule has 3 rings (SSSR count). The molecule has 0 radical (unpaired) electrons. The van der Waals surface area contributed by atoms with Crippen LogP contribution in [0.5, 0.6) is 0 Å². The summed E-state index contributed by atoms with van der Waals surface area (Å²) in [5.41, 5.74) is 0.460. The number of benzene rings is 1. The van der Waals surface area contributed by atoms with Crippen LogP contribution in [0, 0.1) is 24.5 Å². The quantitative estimate of drug-likeness (QED) is 0.791. The molecule has 1 N–H and O–H groups in total. The zero-order valence-corrected chi connectivity index (χ0v) is 18.3. The Hall–Kier alpha value is -2.33. The predicted molar refractivity (Wildman–Crippen MR) is 108 cm³/mol. The average molecular weight is 441 g/mol. The average Bonchev–Trinajstić information content (AvgIpc) is 3.04. The SMILES string of the molecule is Cc1cc(NC(=O)C2CCN(S(=O)(=O)c3cc(F)ccc3F)CC2)n(C(C)(C)C)n1. The van der Waals surface area contributed by atoms with E-state index in [-0.39, 0.29) is 37.4 Å². The third kappa shape index (κ3) is 4.54. The summed E-state index contributed by atoms with van der Waals surface area (Å²) in [6, 6.07) is 4.13. The number of nitrogens with one attached hydrogen (secondary N) is 1. The lowest BCUT2D eigenvalue weighted by Crippen LogP contribution is -2.42. The predicted octanol–water partition coefficient (Wildman–Crippen LogP) is 3.26. The first-order valence-electron chi connectivity index (χ1n) is 9.73. The van der Waals surface area contributed by atoms with E-state index in [0.717, 1.165) is 22.1 Å². The molecule has 1 aromatic heterocycles. The lowest BCUT2D eigenvalue weighted by Gasteiger charge is -2.31. The molecule has 0 unspecified atom stereocenters. The van der Waals surface area contributed by atoms with Crippen LogP contribution in [-0.2, 0) is 20.4 Å².